The first-order valence-corrected chi connectivity index (χ1v) is 10.8. The number of alkyl halides is 2. The second-order valence-electron chi connectivity index (χ2n) is 6.91. The van der Waals surface area contributed by atoms with Crippen molar-refractivity contribution in [1.29, 1.82) is 0 Å². The van der Waals surface area contributed by atoms with Crippen molar-refractivity contribution in [2.75, 3.05) is 10.2 Å². The number of benzene rings is 1. The minimum absolute atomic E-state index is 0.0963. The van der Waals surface area contributed by atoms with Crippen molar-refractivity contribution in [3.63, 3.8) is 0 Å². The van der Waals surface area contributed by atoms with E-state index in [0.29, 0.717) is 17.0 Å². The molecule has 2 aliphatic heterocycles. The van der Waals surface area contributed by atoms with Crippen molar-refractivity contribution < 1.29 is 18.4 Å². The van der Waals surface area contributed by atoms with Gasteiger partial charge in [-0.05, 0) is 25.5 Å². The summed E-state index contributed by atoms with van der Waals surface area (Å²) in [5, 5.41) is 3.08. The number of rotatable bonds is 4. The topological polar surface area (TPSA) is 80.1 Å². The van der Waals surface area contributed by atoms with Gasteiger partial charge in [-0.3, -0.25) is 24.4 Å². The first-order valence-electron chi connectivity index (χ1n) is 9.12. The Labute approximate surface area is 178 Å². The molecule has 154 valence electrons. The molecule has 1 atom stereocenters. The number of aromatic nitrogens is 3. The predicted octanol–water partition coefficient (Wildman–Crippen LogP) is 4.28. The Balaban J connectivity index is 1.46. The molecule has 0 spiro atoms. The highest BCUT2D eigenvalue weighted by Crippen LogP contribution is 2.56. The van der Waals surface area contributed by atoms with Crippen molar-refractivity contribution in [3.05, 3.63) is 42.4 Å². The fourth-order valence-electron chi connectivity index (χ4n) is 3.80. The second-order valence-corrected chi connectivity index (χ2v) is 9.23. The predicted molar refractivity (Wildman–Crippen MR) is 110 cm³/mol. The Morgan fingerprint density at radius 3 is 2.93 bits per heavy atom. The van der Waals surface area contributed by atoms with Gasteiger partial charge < -0.3 is 0 Å². The zero-order valence-corrected chi connectivity index (χ0v) is 17.3. The fraction of sp³-hybridized carbons (Fsp3) is 0.263. The number of anilines is 2. The smallest absolute Gasteiger partial charge is 0.299 e. The number of amides is 2. The molecule has 1 fully saturated rings. The maximum atomic E-state index is 13.3. The van der Waals surface area contributed by atoms with Crippen molar-refractivity contribution in [3.8, 4) is 10.7 Å². The van der Waals surface area contributed by atoms with E-state index < -0.39 is 11.4 Å². The average molecular weight is 447 g/mol. The number of para-hydroxylation sites is 1. The van der Waals surface area contributed by atoms with E-state index in [0.717, 1.165) is 26.5 Å². The van der Waals surface area contributed by atoms with Crippen LogP contribution in [-0.4, -0.2) is 31.2 Å². The van der Waals surface area contributed by atoms with Crippen LogP contribution in [0.15, 0.2) is 41.6 Å². The normalized spacial score (nSPS) is 20.0. The Kier molecular flexibility index (Phi) is 4.40. The van der Waals surface area contributed by atoms with Crippen molar-refractivity contribution >= 4 is 45.7 Å². The van der Waals surface area contributed by atoms with Gasteiger partial charge in [0.1, 0.15) is 0 Å². The summed E-state index contributed by atoms with van der Waals surface area (Å²) in [6.07, 6.45) is 3.16. The van der Waals surface area contributed by atoms with Crippen molar-refractivity contribution in [1.82, 2.24) is 14.5 Å². The van der Waals surface area contributed by atoms with E-state index in [9.17, 15) is 18.4 Å². The monoisotopic (exact) mass is 447 g/mol. The first kappa shape index (κ1) is 19.2. The third-order valence-electron chi connectivity index (χ3n) is 5.13. The lowest BCUT2D eigenvalue weighted by molar-refractivity contribution is -0.121. The summed E-state index contributed by atoms with van der Waals surface area (Å²) in [5.74, 6) is -0.358. The quantitative estimate of drug-likeness (QED) is 0.646. The fourth-order valence-corrected chi connectivity index (χ4v) is 6.17. The molecular formula is C19H15F2N5O2S2. The standard InChI is InChI=1S/C19H15F2N5O2S2/c1-10-14(15-22-8-9-25(15)17(20)21)29-18(23-10)24-16(28)19-7-6-13(27)26(19)11-4-2-3-5-12(11)30-19/h2-5,8-9,17H,6-7H2,1H3,(H,23,24,28)/t19-/m0/s1. The third kappa shape index (κ3) is 2.76. The third-order valence-corrected chi connectivity index (χ3v) is 7.67. The van der Waals surface area contributed by atoms with E-state index in [1.807, 2.05) is 24.3 Å². The molecule has 1 aromatic carbocycles. The van der Waals surface area contributed by atoms with Gasteiger partial charge in [-0.15, -0.1) is 0 Å². The highest BCUT2D eigenvalue weighted by Gasteiger charge is 2.57. The van der Waals surface area contributed by atoms with Gasteiger partial charge in [-0.25, -0.2) is 9.97 Å². The molecule has 4 heterocycles. The van der Waals surface area contributed by atoms with Crippen LogP contribution >= 0.6 is 23.1 Å². The van der Waals surface area contributed by atoms with E-state index in [4.69, 9.17) is 0 Å². The molecule has 2 amide bonds. The number of nitrogens with one attached hydrogen (secondary N) is 1. The summed E-state index contributed by atoms with van der Waals surface area (Å²) in [4.78, 5) is 36.0. The van der Waals surface area contributed by atoms with E-state index in [1.165, 1.54) is 24.2 Å². The van der Waals surface area contributed by atoms with Crippen LogP contribution in [0.25, 0.3) is 10.7 Å². The van der Waals surface area contributed by atoms with Gasteiger partial charge >= 0.3 is 6.55 Å². The first-order chi connectivity index (χ1) is 14.4. The van der Waals surface area contributed by atoms with Gasteiger partial charge in [0, 0.05) is 23.7 Å². The lowest BCUT2D eigenvalue weighted by atomic mass is 10.2. The average Bonchev–Trinajstić information content (AvgIpc) is 3.45. The molecule has 7 nitrogen and oxygen atoms in total. The van der Waals surface area contributed by atoms with Crippen LogP contribution in [0.5, 0.6) is 0 Å². The maximum absolute atomic E-state index is 13.3. The summed E-state index contributed by atoms with van der Waals surface area (Å²) in [7, 11) is 0. The largest absolute Gasteiger partial charge is 0.320 e. The number of nitrogens with zero attached hydrogens (tertiary/aromatic N) is 4. The second kappa shape index (κ2) is 6.88. The van der Waals surface area contributed by atoms with Gasteiger partial charge in [0.2, 0.25) is 5.91 Å². The zero-order valence-electron chi connectivity index (χ0n) is 15.6. The van der Waals surface area contributed by atoms with Crippen LogP contribution in [-0.2, 0) is 9.59 Å². The molecule has 1 saturated heterocycles. The van der Waals surface area contributed by atoms with Gasteiger partial charge in [-0.2, -0.15) is 8.78 Å². The number of halogens is 2. The summed E-state index contributed by atoms with van der Waals surface area (Å²) < 4.78 is 27.2. The molecule has 2 aromatic heterocycles. The molecule has 0 unspecified atom stereocenters. The number of hydrogen-bond donors (Lipinski definition) is 1. The zero-order chi connectivity index (χ0) is 21.0. The van der Waals surface area contributed by atoms with Crippen LogP contribution in [0.1, 0.15) is 25.1 Å². The molecular weight excluding hydrogens is 432 g/mol. The van der Waals surface area contributed by atoms with Crippen LogP contribution < -0.4 is 10.2 Å². The molecule has 2 aliphatic rings. The van der Waals surface area contributed by atoms with E-state index >= 15 is 0 Å². The number of aryl methyl sites for hydroxylation is 1. The van der Waals surface area contributed by atoms with Crippen LogP contribution in [0.4, 0.5) is 19.6 Å². The van der Waals surface area contributed by atoms with E-state index in [-0.39, 0.29) is 29.2 Å². The number of thiazole rings is 1. The molecule has 0 radical (unpaired) electrons. The highest BCUT2D eigenvalue weighted by molar-refractivity contribution is 8.02. The van der Waals surface area contributed by atoms with Crippen molar-refractivity contribution in [2.24, 2.45) is 0 Å². The molecule has 3 aromatic rings. The van der Waals surface area contributed by atoms with Gasteiger partial charge in [0.25, 0.3) is 5.91 Å². The Morgan fingerprint density at radius 1 is 1.33 bits per heavy atom. The molecule has 30 heavy (non-hydrogen) atoms. The Morgan fingerprint density at radius 2 is 2.13 bits per heavy atom. The molecule has 11 heteroatoms. The summed E-state index contributed by atoms with van der Waals surface area (Å²) in [5.41, 5.74) is 1.22. The van der Waals surface area contributed by atoms with E-state index in [2.05, 4.69) is 15.3 Å². The Hall–Kier alpha value is -2.79. The number of fused-ring (bicyclic) bond motifs is 3. The summed E-state index contributed by atoms with van der Waals surface area (Å²) >= 11 is 2.43. The van der Waals surface area contributed by atoms with Gasteiger partial charge in [-0.1, -0.05) is 35.2 Å². The van der Waals surface area contributed by atoms with E-state index in [1.54, 1.807) is 11.8 Å². The maximum Gasteiger partial charge on any atom is 0.320 e. The van der Waals surface area contributed by atoms with Crippen LogP contribution in [0, 0.1) is 6.92 Å². The molecule has 5 rings (SSSR count). The highest BCUT2D eigenvalue weighted by atomic mass is 32.2. The lowest BCUT2D eigenvalue weighted by Crippen LogP contribution is -2.49. The van der Waals surface area contributed by atoms with Gasteiger partial charge in [0.05, 0.1) is 16.3 Å². The number of thioether (sulfide) groups is 1. The Bertz CT molecular complexity index is 1180. The minimum atomic E-state index is -2.73. The van der Waals surface area contributed by atoms with Crippen LogP contribution in [0.3, 0.4) is 0 Å². The van der Waals surface area contributed by atoms with Crippen LogP contribution in [0.2, 0.25) is 0 Å². The summed E-state index contributed by atoms with van der Waals surface area (Å²) in [6.45, 7) is -1.05. The van der Waals surface area contributed by atoms with Crippen molar-refractivity contribution in [2.45, 2.75) is 36.1 Å². The number of carbonyl (C=O) groups excluding carboxylic acids is 2. The number of hydrogen-bond acceptors (Lipinski definition) is 6. The molecule has 1 N–H and O–H groups in total. The number of carbonyl (C=O) groups is 2. The SMILES string of the molecule is Cc1nc(NC(=O)[C@@]23CCC(=O)N2c2ccccc2S3)sc1-c1nccn1C(F)F. The minimum Gasteiger partial charge on any atom is -0.299 e. The molecule has 0 saturated carbocycles. The molecule has 0 aliphatic carbocycles. The lowest BCUT2D eigenvalue weighted by Gasteiger charge is -2.29. The molecule has 0 bridgehead atoms. The van der Waals surface area contributed by atoms with Gasteiger partial charge in [0.15, 0.2) is 15.8 Å². The summed E-state index contributed by atoms with van der Waals surface area (Å²) in [6, 6.07) is 7.42. The number of imidazole rings is 1.